The molecule has 1 unspecified atom stereocenters. The Kier molecular flexibility index (Phi) is 6.32. The van der Waals surface area contributed by atoms with Crippen LogP contribution in [0.5, 0.6) is 0 Å². The summed E-state index contributed by atoms with van der Waals surface area (Å²) in [7, 11) is -5.55. The van der Waals surface area contributed by atoms with Gasteiger partial charge in [-0.1, -0.05) is 0 Å². The average molecular weight is 239 g/mol. The number of nitrogens with zero attached hydrogens (tertiary/aromatic N) is 2. The van der Waals surface area contributed by atoms with E-state index in [1.807, 2.05) is 0 Å². The molecule has 0 heterocycles. The van der Waals surface area contributed by atoms with Crippen LogP contribution in [0.15, 0.2) is 0 Å². The third-order valence-electron chi connectivity index (χ3n) is 1.49. The van der Waals surface area contributed by atoms with Gasteiger partial charge < -0.3 is 6.15 Å². The first kappa shape index (κ1) is 16.4. The summed E-state index contributed by atoms with van der Waals surface area (Å²) in [6.45, 7) is 2.53. The van der Waals surface area contributed by atoms with Gasteiger partial charge in [-0.2, -0.15) is 10.5 Å². The zero-order chi connectivity index (χ0) is 11.4. The van der Waals surface area contributed by atoms with Crippen LogP contribution in [0.4, 0.5) is 8.39 Å². The van der Waals surface area contributed by atoms with Crippen molar-refractivity contribution >= 4 is 7.99 Å². The molecule has 0 aromatic heterocycles. The highest BCUT2D eigenvalue weighted by Crippen LogP contribution is 2.52. The Labute approximate surface area is 86.9 Å². The SMILES string of the molecule is CC(CC(C)(C#N)C#N)OP(=O)(F)F.N. The summed E-state index contributed by atoms with van der Waals surface area (Å²) >= 11 is 0. The second kappa shape index (κ2) is 5.77. The fraction of sp³-hybridized carbons (Fsp3) is 0.714. The number of nitriles is 2. The van der Waals surface area contributed by atoms with Gasteiger partial charge in [0.1, 0.15) is 5.41 Å². The molecule has 0 saturated carbocycles. The summed E-state index contributed by atoms with van der Waals surface area (Å²) in [6.07, 6.45) is -1.31. The summed E-state index contributed by atoms with van der Waals surface area (Å²) in [5, 5.41) is 17.1. The van der Waals surface area contributed by atoms with E-state index in [2.05, 4.69) is 4.52 Å². The van der Waals surface area contributed by atoms with Gasteiger partial charge in [0.25, 0.3) is 0 Å². The molecule has 0 radical (unpaired) electrons. The van der Waals surface area contributed by atoms with E-state index < -0.39 is 19.5 Å². The minimum atomic E-state index is -5.55. The second-order valence-electron chi connectivity index (χ2n) is 3.09. The van der Waals surface area contributed by atoms with Crippen LogP contribution in [-0.2, 0) is 9.09 Å². The van der Waals surface area contributed by atoms with E-state index >= 15 is 0 Å². The molecule has 8 heteroatoms. The second-order valence-corrected chi connectivity index (χ2v) is 4.13. The van der Waals surface area contributed by atoms with E-state index in [1.165, 1.54) is 13.8 Å². The number of halogens is 2. The normalized spacial score (nSPS) is 13.2. The molecule has 0 aromatic rings. The van der Waals surface area contributed by atoms with Gasteiger partial charge in [0, 0.05) is 6.42 Å². The van der Waals surface area contributed by atoms with E-state index in [4.69, 9.17) is 10.5 Å². The molecule has 0 saturated heterocycles. The van der Waals surface area contributed by atoms with E-state index in [0.29, 0.717) is 0 Å². The highest BCUT2D eigenvalue weighted by atomic mass is 31.2. The van der Waals surface area contributed by atoms with Crippen molar-refractivity contribution in [3.8, 4) is 12.1 Å². The number of hydrogen-bond acceptors (Lipinski definition) is 5. The Morgan fingerprint density at radius 3 is 2.13 bits per heavy atom. The van der Waals surface area contributed by atoms with Crippen LogP contribution < -0.4 is 6.15 Å². The Morgan fingerprint density at radius 2 is 1.87 bits per heavy atom. The molecule has 1 atom stereocenters. The Morgan fingerprint density at radius 1 is 1.47 bits per heavy atom. The lowest BCUT2D eigenvalue weighted by Gasteiger charge is -2.17. The quantitative estimate of drug-likeness (QED) is 0.758. The zero-order valence-electron chi connectivity index (χ0n) is 8.41. The van der Waals surface area contributed by atoms with E-state index in [9.17, 15) is 13.0 Å². The third-order valence-corrected chi connectivity index (χ3v) is 2.10. The Hall–Kier alpha value is -1.01. The van der Waals surface area contributed by atoms with Crippen molar-refractivity contribution in [3.63, 3.8) is 0 Å². The van der Waals surface area contributed by atoms with E-state index in [0.717, 1.165) is 0 Å². The molecule has 0 aliphatic rings. The highest BCUT2D eigenvalue weighted by Gasteiger charge is 2.31. The molecular formula is C7H12F2N3O2P. The van der Waals surface area contributed by atoms with Crippen molar-refractivity contribution in [1.82, 2.24) is 6.15 Å². The zero-order valence-corrected chi connectivity index (χ0v) is 9.30. The molecule has 15 heavy (non-hydrogen) atoms. The van der Waals surface area contributed by atoms with Crippen molar-refractivity contribution in [2.75, 3.05) is 0 Å². The average Bonchev–Trinajstić information content (AvgIpc) is 2.00. The maximum atomic E-state index is 11.9. The minimum absolute atomic E-state index is 0. The molecule has 0 bridgehead atoms. The fourth-order valence-corrected chi connectivity index (χ4v) is 1.43. The van der Waals surface area contributed by atoms with Crippen LogP contribution in [0.25, 0.3) is 0 Å². The molecule has 0 spiro atoms. The predicted molar refractivity (Wildman–Crippen MR) is 49.3 cm³/mol. The van der Waals surface area contributed by atoms with Gasteiger partial charge in [-0.3, -0.25) is 4.52 Å². The van der Waals surface area contributed by atoms with Gasteiger partial charge in [-0.05, 0) is 13.8 Å². The lowest BCUT2D eigenvalue weighted by atomic mass is 9.88. The van der Waals surface area contributed by atoms with Crippen LogP contribution in [0.3, 0.4) is 0 Å². The maximum Gasteiger partial charge on any atom is 0.552 e. The molecule has 0 rings (SSSR count). The fourth-order valence-electron chi connectivity index (χ4n) is 0.938. The predicted octanol–water partition coefficient (Wildman–Crippen LogP) is 3.04. The molecule has 3 N–H and O–H groups in total. The third kappa shape index (κ3) is 6.98. The number of hydrogen-bond donors (Lipinski definition) is 1. The van der Waals surface area contributed by atoms with Gasteiger partial charge in [-0.15, -0.1) is 8.39 Å². The van der Waals surface area contributed by atoms with Crippen LogP contribution in [0.2, 0.25) is 0 Å². The molecule has 0 aromatic carbocycles. The molecule has 86 valence electrons. The van der Waals surface area contributed by atoms with Gasteiger partial charge in [-0.25, -0.2) is 4.57 Å². The summed E-state index contributed by atoms with van der Waals surface area (Å²) < 4.78 is 37.7. The summed E-state index contributed by atoms with van der Waals surface area (Å²) in [5.41, 5.74) is -1.39. The van der Waals surface area contributed by atoms with Crippen molar-refractivity contribution in [2.24, 2.45) is 5.41 Å². The first-order valence-electron chi connectivity index (χ1n) is 3.73. The van der Waals surface area contributed by atoms with Crippen molar-refractivity contribution in [3.05, 3.63) is 0 Å². The van der Waals surface area contributed by atoms with Gasteiger partial charge in [0.05, 0.1) is 18.2 Å². The molecule has 0 aliphatic carbocycles. The Bertz CT molecular complexity index is 316. The summed E-state index contributed by atoms with van der Waals surface area (Å²) in [5.74, 6) is 0. The van der Waals surface area contributed by atoms with Crippen LogP contribution in [0, 0.1) is 28.1 Å². The molecule has 0 amide bonds. The van der Waals surface area contributed by atoms with Crippen LogP contribution in [-0.4, -0.2) is 6.10 Å². The van der Waals surface area contributed by atoms with Crippen LogP contribution in [0.1, 0.15) is 20.3 Å². The first-order valence-corrected chi connectivity index (χ1v) is 5.13. The first-order chi connectivity index (χ1) is 6.22. The standard InChI is InChI=1S/C7H9F2N2O2P.H3N/c1-6(13-14(8,9)12)3-7(2,4-10)5-11;/h6H,3H2,1-2H3;1H3. The largest absolute Gasteiger partial charge is 0.552 e. The minimum Gasteiger partial charge on any atom is -0.344 e. The molecule has 0 fully saturated rings. The lowest BCUT2D eigenvalue weighted by Crippen LogP contribution is -2.19. The summed E-state index contributed by atoms with van der Waals surface area (Å²) in [4.78, 5) is 0. The molecule has 0 aliphatic heterocycles. The van der Waals surface area contributed by atoms with E-state index in [1.54, 1.807) is 12.1 Å². The molecular weight excluding hydrogens is 227 g/mol. The monoisotopic (exact) mass is 239 g/mol. The number of rotatable bonds is 4. The Balaban J connectivity index is 0. The van der Waals surface area contributed by atoms with Crippen molar-refractivity contribution < 1.29 is 17.5 Å². The highest BCUT2D eigenvalue weighted by molar-refractivity contribution is 7.47. The summed E-state index contributed by atoms with van der Waals surface area (Å²) in [6, 6.07) is 3.34. The molecule has 5 nitrogen and oxygen atoms in total. The van der Waals surface area contributed by atoms with Crippen molar-refractivity contribution in [1.29, 1.82) is 10.5 Å². The smallest absolute Gasteiger partial charge is 0.344 e. The van der Waals surface area contributed by atoms with Gasteiger partial charge >= 0.3 is 7.99 Å². The van der Waals surface area contributed by atoms with E-state index in [-0.39, 0.29) is 12.6 Å². The lowest BCUT2D eigenvalue weighted by molar-refractivity contribution is 0.157. The van der Waals surface area contributed by atoms with Crippen molar-refractivity contribution in [2.45, 2.75) is 26.4 Å². The maximum absolute atomic E-state index is 11.9. The van der Waals surface area contributed by atoms with Gasteiger partial charge in [0.15, 0.2) is 0 Å². The topological polar surface area (TPSA) is 109 Å². The van der Waals surface area contributed by atoms with Crippen LogP contribution >= 0.6 is 7.99 Å². The van der Waals surface area contributed by atoms with Gasteiger partial charge in [0.2, 0.25) is 0 Å².